The van der Waals surface area contributed by atoms with E-state index in [0.29, 0.717) is 0 Å². The first kappa shape index (κ1) is 11.6. The number of aromatic nitrogens is 1. The molecule has 0 saturated carbocycles. The van der Waals surface area contributed by atoms with E-state index in [2.05, 4.69) is 4.98 Å². The summed E-state index contributed by atoms with van der Waals surface area (Å²) in [5.74, 6) is -1.56. The first-order chi connectivity index (χ1) is 6.91. The molecule has 3 N–H and O–H groups in total. The molecule has 0 aliphatic heterocycles. The number of anilines is 1. The zero-order valence-corrected chi connectivity index (χ0v) is 8.13. The normalized spacial score (nSPS) is 10.7. The molecule has 1 aromatic heterocycles. The predicted octanol–water partition coefficient (Wildman–Crippen LogP) is 1.88. The summed E-state index contributed by atoms with van der Waals surface area (Å²) < 4.78 is 24.7. The third-order valence-electron chi connectivity index (χ3n) is 1.69. The lowest BCUT2D eigenvalue weighted by Crippen LogP contribution is -2.06. The summed E-state index contributed by atoms with van der Waals surface area (Å²) in [5, 5.41) is 8.32. The highest BCUT2D eigenvalue weighted by Gasteiger charge is 2.17. The molecule has 0 saturated heterocycles. The van der Waals surface area contributed by atoms with Crippen molar-refractivity contribution in [1.82, 2.24) is 4.98 Å². The number of pyridine rings is 1. The van der Waals surface area contributed by atoms with Crippen LogP contribution in [0.1, 0.15) is 17.6 Å². The fraction of sp³-hybridized carbons (Fsp3) is 0.250. The molecule has 0 bridgehead atoms. The largest absolute Gasteiger partial charge is 0.481 e. The predicted molar refractivity (Wildman–Crippen MR) is 50.0 cm³/mol. The highest BCUT2D eigenvalue weighted by Crippen LogP contribution is 2.27. The van der Waals surface area contributed by atoms with E-state index in [4.69, 9.17) is 22.4 Å². The molecule has 1 aromatic rings. The lowest BCUT2D eigenvalue weighted by atomic mass is 10.1. The van der Waals surface area contributed by atoms with Crippen LogP contribution in [-0.2, 0) is 11.2 Å². The Morgan fingerprint density at radius 1 is 1.67 bits per heavy atom. The van der Waals surface area contributed by atoms with Crippen LogP contribution in [0.2, 0.25) is 5.15 Å². The fourth-order valence-corrected chi connectivity index (χ4v) is 1.24. The summed E-state index contributed by atoms with van der Waals surface area (Å²) in [7, 11) is 0. The average molecular weight is 237 g/mol. The zero-order valence-electron chi connectivity index (χ0n) is 7.38. The number of aliphatic carboxylic acids is 1. The molecule has 0 spiro atoms. The van der Waals surface area contributed by atoms with Crippen LogP contribution in [-0.4, -0.2) is 16.1 Å². The number of rotatable bonds is 3. The van der Waals surface area contributed by atoms with Crippen molar-refractivity contribution < 1.29 is 18.7 Å². The van der Waals surface area contributed by atoms with Gasteiger partial charge in [0.15, 0.2) is 0 Å². The van der Waals surface area contributed by atoms with Crippen LogP contribution in [0.3, 0.4) is 0 Å². The first-order valence-corrected chi connectivity index (χ1v) is 4.24. The molecule has 0 atom stereocenters. The highest BCUT2D eigenvalue weighted by molar-refractivity contribution is 6.30. The number of hydrogen-bond acceptors (Lipinski definition) is 3. The van der Waals surface area contributed by atoms with Gasteiger partial charge in [-0.15, -0.1) is 0 Å². The molecule has 0 unspecified atom stereocenters. The molecule has 0 radical (unpaired) electrons. The Bertz CT molecular complexity index is 398. The van der Waals surface area contributed by atoms with E-state index < -0.39 is 24.4 Å². The zero-order chi connectivity index (χ0) is 11.6. The summed E-state index contributed by atoms with van der Waals surface area (Å²) in [6.07, 6.45) is -3.27. The molecule has 7 heteroatoms. The van der Waals surface area contributed by atoms with Crippen molar-refractivity contribution in [3.05, 3.63) is 22.3 Å². The Kier molecular flexibility index (Phi) is 3.41. The van der Waals surface area contributed by atoms with Crippen molar-refractivity contribution in [2.24, 2.45) is 0 Å². The van der Waals surface area contributed by atoms with Crippen LogP contribution in [0.15, 0.2) is 6.07 Å². The number of carboxylic acids is 1. The number of carboxylic acid groups (broad SMARTS) is 1. The molecule has 0 aromatic carbocycles. The summed E-state index contributed by atoms with van der Waals surface area (Å²) in [6.45, 7) is 0. The van der Waals surface area contributed by atoms with E-state index in [9.17, 15) is 13.6 Å². The molecule has 0 fully saturated rings. The lowest BCUT2D eigenvalue weighted by Gasteiger charge is -2.07. The van der Waals surface area contributed by atoms with Crippen molar-refractivity contribution in [2.45, 2.75) is 12.8 Å². The number of alkyl halides is 2. The van der Waals surface area contributed by atoms with Crippen LogP contribution in [0.5, 0.6) is 0 Å². The molecular formula is C8H7ClF2N2O2. The van der Waals surface area contributed by atoms with Gasteiger partial charge in [0.25, 0.3) is 6.43 Å². The van der Waals surface area contributed by atoms with E-state index >= 15 is 0 Å². The van der Waals surface area contributed by atoms with E-state index in [-0.39, 0.29) is 16.5 Å². The minimum absolute atomic E-state index is 0.0219. The maximum atomic E-state index is 12.4. The standard InChI is InChI=1S/C8H7ClF2N2O2/c9-6-3(2-5(14)15)1-4(7(10)11)8(12)13-6/h1,7H,2H2,(H2,12,13)(H,14,15). The quantitative estimate of drug-likeness (QED) is 0.786. The molecular weight excluding hydrogens is 230 g/mol. The van der Waals surface area contributed by atoms with Gasteiger partial charge in [0, 0.05) is 5.56 Å². The van der Waals surface area contributed by atoms with Crippen molar-refractivity contribution >= 4 is 23.4 Å². The Hall–Kier alpha value is -1.43. The Morgan fingerprint density at radius 3 is 2.73 bits per heavy atom. The lowest BCUT2D eigenvalue weighted by molar-refractivity contribution is -0.136. The molecule has 1 heterocycles. The molecule has 15 heavy (non-hydrogen) atoms. The van der Waals surface area contributed by atoms with Crippen molar-refractivity contribution in [1.29, 1.82) is 0 Å². The van der Waals surface area contributed by atoms with Gasteiger partial charge in [-0.3, -0.25) is 4.79 Å². The molecule has 0 aliphatic carbocycles. The van der Waals surface area contributed by atoms with Gasteiger partial charge in [-0.2, -0.15) is 0 Å². The van der Waals surface area contributed by atoms with Crippen molar-refractivity contribution in [2.75, 3.05) is 5.73 Å². The van der Waals surface area contributed by atoms with Crippen LogP contribution in [0.25, 0.3) is 0 Å². The number of hydrogen-bond donors (Lipinski definition) is 2. The SMILES string of the molecule is Nc1nc(Cl)c(CC(=O)O)cc1C(F)F. The summed E-state index contributed by atoms with van der Waals surface area (Å²) in [6, 6.07) is 0.962. The van der Waals surface area contributed by atoms with Crippen LogP contribution >= 0.6 is 11.6 Å². The smallest absolute Gasteiger partial charge is 0.307 e. The van der Waals surface area contributed by atoms with E-state index in [0.717, 1.165) is 6.07 Å². The summed E-state index contributed by atoms with van der Waals surface area (Å²) in [5.41, 5.74) is 4.72. The fourth-order valence-electron chi connectivity index (χ4n) is 1.02. The summed E-state index contributed by atoms with van der Waals surface area (Å²) >= 11 is 5.55. The first-order valence-electron chi connectivity index (χ1n) is 3.86. The van der Waals surface area contributed by atoms with Gasteiger partial charge in [-0.05, 0) is 6.07 Å². The third kappa shape index (κ3) is 2.76. The molecule has 1 rings (SSSR count). The van der Waals surface area contributed by atoms with Crippen LogP contribution in [0.4, 0.5) is 14.6 Å². The van der Waals surface area contributed by atoms with E-state index in [1.807, 2.05) is 0 Å². The van der Waals surface area contributed by atoms with Crippen LogP contribution in [0, 0.1) is 0 Å². The van der Waals surface area contributed by atoms with Gasteiger partial charge < -0.3 is 10.8 Å². The number of carbonyl (C=O) groups is 1. The Balaban J connectivity index is 3.17. The average Bonchev–Trinajstić information content (AvgIpc) is 2.08. The number of nitrogens with two attached hydrogens (primary N) is 1. The Labute approximate surface area is 88.7 Å². The second-order valence-electron chi connectivity index (χ2n) is 2.78. The number of halogens is 3. The topological polar surface area (TPSA) is 76.2 Å². The molecule has 4 nitrogen and oxygen atoms in total. The maximum absolute atomic E-state index is 12.4. The van der Waals surface area contributed by atoms with Gasteiger partial charge in [0.2, 0.25) is 0 Å². The van der Waals surface area contributed by atoms with E-state index in [1.54, 1.807) is 0 Å². The van der Waals surface area contributed by atoms with Gasteiger partial charge in [0.05, 0.1) is 12.0 Å². The molecule has 82 valence electrons. The van der Waals surface area contributed by atoms with Crippen molar-refractivity contribution in [3.8, 4) is 0 Å². The number of nitrogens with zero attached hydrogens (tertiary/aromatic N) is 1. The monoisotopic (exact) mass is 236 g/mol. The summed E-state index contributed by atoms with van der Waals surface area (Å²) in [4.78, 5) is 13.8. The van der Waals surface area contributed by atoms with Gasteiger partial charge >= 0.3 is 5.97 Å². The van der Waals surface area contributed by atoms with Gasteiger partial charge in [-0.1, -0.05) is 11.6 Å². The molecule has 0 amide bonds. The minimum Gasteiger partial charge on any atom is -0.481 e. The second kappa shape index (κ2) is 4.39. The van der Waals surface area contributed by atoms with E-state index in [1.165, 1.54) is 0 Å². The van der Waals surface area contributed by atoms with Crippen molar-refractivity contribution in [3.63, 3.8) is 0 Å². The highest BCUT2D eigenvalue weighted by atomic mass is 35.5. The third-order valence-corrected chi connectivity index (χ3v) is 2.01. The number of nitrogen functional groups attached to an aromatic ring is 1. The second-order valence-corrected chi connectivity index (χ2v) is 3.14. The molecule has 0 aliphatic rings. The Morgan fingerprint density at radius 2 is 2.27 bits per heavy atom. The maximum Gasteiger partial charge on any atom is 0.307 e. The van der Waals surface area contributed by atoms with Crippen LogP contribution < -0.4 is 5.73 Å². The van der Waals surface area contributed by atoms with Gasteiger partial charge in [-0.25, -0.2) is 13.8 Å². The van der Waals surface area contributed by atoms with Gasteiger partial charge in [0.1, 0.15) is 11.0 Å². The minimum atomic E-state index is -2.80.